The van der Waals surface area contributed by atoms with Crippen LogP contribution in [0.15, 0.2) is 54.9 Å². The van der Waals surface area contributed by atoms with Crippen LogP contribution in [0.25, 0.3) is 11.3 Å². The van der Waals surface area contributed by atoms with Gasteiger partial charge in [-0.2, -0.15) is 4.39 Å². The maximum Gasteiger partial charge on any atom is 0.222 e. The molecular weight excluding hydrogens is 400 g/mol. The van der Waals surface area contributed by atoms with Crippen LogP contribution in [0.2, 0.25) is 0 Å². The summed E-state index contributed by atoms with van der Waals surface area (Å²) >= 11 is 0. The predicted molar refractivity (Wildman–Crippen MR) is 113 cm³/mol. The Hall–Kier alpha value is -3.48. The van der Waals surface area contributed by atoms with Crippen molar-refractivity contribution >= 4 is 11.7 Å². The molecular formula is C24H23F2N3O2. The van der Waals surface area contributed by atoms with Crippen molar-refractivity contribution in [2.24, 2.45) is 0 Å². The SMILES string of the molecule is CCC(=O)N(C)Cc1ccc(-c2ccc(C(=O)CCc3ccc(F)nc3)cn2)cc1F. The number of aryl methyl sites for hydroxylation is 1. The maximum absolute atomic E-state index is 14.5. The topological polar surface area (TPSA) is 63.2 Å². The lowest BCUT2D eigenvalue weighted by Crippen LogP contribution is -2.25. The average Bonchev–Trinajstić information content (AvgIpc) is 2.79. The molecule has 2 heterocycles. The molecule has 3 aromatic rings. The molecule has 1 amide bonds. The molecule has 0 fully saturated rings. The molecule has 0 unspecified atom stereocenters. The number of nitrogens with zero attached hydrogens (tertiary/aromatic N) is 3. The smallest absolute Gasteiger partial charge is 0.222 e. The minimum Gasteiger partial charge on any atom is -0.341 e. The molecule has 2 aromatic heterocycles. The second-order valence-electron chi connectivity index (χ2n) is 7.25. The van der Waals surface area contributed by atoms with Gasteiger partial charge in [0.15, 0.2) is 5.78 Å². The Labute approximate surface area is 179 Å². The summed E-state index contributed by atoms with van der Waals surface area (Å²) in [5, 5.41) is 0. The normalized spacial score (nSPS) is 10.7. The van der Waals surface area contributed by atoms with Gasteiger partial charge in [-0.05, 0) is 36.2 Å². The molecule has 0 radical (unpaired) electrons. The van der Waals surface area contributed by atoms with Crippen molar-refractivity contribution in [3.05, 3.63) is 83.3 Å². The van der Waals surface area contributed by atoms with Gasteiger partial charge in [-0.25, -0.2) is 9.37 Å². The Morgan fingerprint density at radius 2 is 1.81 bits per heavy atom. The van der Waals surface area contributed by atoms with Gasteiger partial charge in [-0.1, -0.05) is 25.1 Å². The molecule has 31 heavy (non-hydrogen) atoms. The molecule has 0 saturated carbocycles. The van der Waals surface area contributed by atoms with Crippen molar-refractivity contribution in [3.8, 4) is 11.3 Å². The minimum atomic E-state index is -0.555. The van der Waals surface area contributed by atoms with Crippen molar-refractivity contribution in [1.29, 1.82) is 0 Å². The molecule has 0 aliphatic rings. The molecule has 3 rings (SSSR count). The lowest BCUT2D eigenvalue weighted by Gasteiger charge is -2.17. The van der Waals surface area contributed by atoms with Crippen molar-refractivity contribution in [3.63, 3.8) is 0 Å². The van der Waals surface area contributed by atoms with Crippen LogP contribution in [0.3, 0.4) is 0 Å². The summed E-state index contributed by atoms with van der Waals surface area (Å²) in [6, 6.07) is 11.0. The third kappa shape index (κ3) is 5.78. The fourth-order valence-electron chi connectivity index (χ4n) is 3.13. The molecule has 0 aliphatic heterocycles. The summed E-state index contributed by atoms with van der Waals surface area (Å²) < 4.78 is 27.4. The van der Waals surface area contributed by atoms with Gasteiger partial charge in [0.2, 0.25) is 11.9 Å². The molecule has 0 saturated heterocycles. The first-order valence-electron chi connectivity index (χ1n) is 9.99. The minimum absolute atomic E-state index is 0.0545. The standard InChI is InChI=1S/C24H23F2N3O2/c1-3-24(31)29(2)15-19-7-6-17(12-20(19)25)21-9-8-18(14-27-21)22(30)10-4-16-5-11-23(26)28-13-16/h5-9,11-14H,3-4,10,15H2,1-2H3. The van der Waals surface area contributed by atoms with Crippen molar-refractivity contribution in [1.82, 2.24) is 14.9 Å². The summed E-state index contributed by atoms with van der Waals surface area (Å²) in [6.45, 7) is 1.96. The van der Waals surface area contributed by atoms with Crippen LogP contribution in [0, 0.1) is 11.8 Å². The van der Waals surface area contributed by atoms with Gasteiger partial charge in [0.05, 0.1) is 5.69 Å². The number of amides is 1. The van der Waals surface area contributed by atoms with Crippen LogP contribution in [0.1, 0.15) is 41.3 Å². The van der Waals surface area contributed by atoms with Crippen molar-refractivity contribution < 1.29 is 18.4 Å². The number of benzene rings is 1. The Balaban J connectivity index is 1.65. The first kappa shape index (κ1) is 22.2. The maximum atomic E-state index is 14.5. The molecule has 5 nitrogen and oxygen atoms in total. The number of hydrogen-bond donors (Lipinski definition) is 0. The van der Waals surface area contributed by atoms with E-state index < -0.39 is 11.8 Å². The highest BCUT2D eigenvalue weighted by atomic mass is 19.1. The van der Waals surface area contributed by atoms with E-state index in [1.54, 1.807) is 44.3 Å². The van der Waals surface area contributed by atoms with Crippen LogP contribution < -0.4 is 0 Å². The molecule has 0 N–H and O–H groups in total. The Kier molecular flexibility index (Phi) is 7.18. The molecule has 0 spiro atoms. The Bertz CT molecular complexity index is 1070. The summed E-state index contributed by atoms with van der Waals surface area (Å²) in [5.41, 5.74) is 2.79. The van der Waals surface area contributed by atoms with E-state index in [0.717, 1.165) is 5.56 Å². The number of aromatic nitrogens is 2. The zero-order valence-electron chi connectivity index (χ0n) is 17.4. The number of rotatable bonds is 8. The average molecular weight is 423 g/mol. The van der Waals surface area contributed by atoms with Gasteiger partial charge >= 0.3 is 0 Å². The third-order valence-electron chi connectivity index (χ3n) is 5.00. The second kappa shape index (κ2) is 10.0. The van der Waals surface area contributed by atoms with E-state index in [4.69, 9.17) is 0 Å². The van der Waals surface area contributed by atoms with E-state index in [1.165, 1.54) is 29.4 Å². The summed E-state index contributed by atoms with van der Waals surface area (Å²) in [6.07, 6.45) is 3.96. The molecule has 1 aromatic carbocycles. The van der Waals surface area contributed by atoms with Gasteiger partial charge in [-0.15, -0.1) is 0 Å². The molecule has 7 heteroatoms. The monoisotopic (exact) mass is 423 g/mol. The molecule has 0 bridgehead atoms. The van der Waals surface area contributed by atoms with E-state index in [-0.39, 0.29) is 24.7 Å². The van der Waals surface area contributed by atoms with E-state index in [0.29, 0.717) is 35.2 Å². The number of hydrogen-bond acceptors (Lipinski definition) is 4. The summed E-state index contributed by atoms with van der Waals surface area (Å²) in [5.74, 6) is -1.11. The van der Waals surface area contributed by atoms with Gasteiger partial charge in [0, 0.05) is 55.5 Å². The van der Waals surface area contributed by atoms with Gasteiger partial charge in [0.25, 0.3) is 0 Å². The lowest BCUT2D eigenvalue weighted by atomic mass is 10.0. The molecule has 0 atom stereocenters. The van der Waals surface area contributed by atoms with Crippen LogP contribution in [-0.4, -0.2) is 33.6 Å². The highest BCUT2D eigenvalue weighted by Crippen LogP contribution is 2.22. The Morgan fingerprint density at radius 3 is 2.42 bits per heavy atom. The number of halogens is 2. The number of carbonyl (C=O) groups excluding carboxylic acids is 2. The van der Waals surface area contributed by atoms with Crippen LogP contribution in [-0.2, 0) is 17.8 Å². The van der Waals surface area contributed by atoms with Crippen molar-refractivity contribution in [2.75, 3.05) is 7.05 Å². The number of ketones is 1. The first-order valence-corrected chi connectivity index (χ1v) is 9.99. The number of carbonyl (C=O) groups is 2. The Morgan fingerprint density at radius 1 is 1.00 bits per heavy atom. The third-order valence-corrected chi connectivity index (χ3v) is 5.00. The zero-order valence-corrected chi connectivity index (χ0v) is 17.4. The van der Waals surface area contributed by atoms with Crippen LogP contribution in [0.5, 0.6) is 0 Å². The van der Waals surface area contributed by atoms with Gasteiger partial charge in [-0.3, -0.25) is 14.6 Å². The zero-order chi connectivity index (χ0) is 22.4. The predicted octanol–water partition coefficient (Wildman–Crippen LogP) is 4.61. The largest absolute Gasteiger partial charge is 0.341 e. The fourth-order valence-corrected chi connectivity index (χ4v) is 3.13. The summed E-state index contributed by atoms with van der Waals surface area (Å²) in [7, 11) is 1.64. The van der Waals surface area contributed by atoms with Gasteiger partial charge < -0.3 is 4.90 Å². The second-order valence-corrected chi connectivity index (χ2v) is 7.25. The van der Waals surface area contributed by atoms with E-state index >= 15 is 0 Å². The fraction of sp³-hybridized carbons (Fsp3) is 0.250. The van der Waals surface area contributed by atoms with Gasteiger partial charge in [0.1, 0.15) is 5.82 Å². The number of Topliss-reactive ketones (excluding diaryl/α,β-unsaturated/α-hetero) is 1. The summed E-state index contributed by atoms with van der Waals surface area (Å²) in [4.78, 5) is 33.4. The quantitative estimate of drug-likeness (QED) is 0.392. The lowest BCUT2D eigenvalue weighted by molar-refractivity contribution is -0.130. The highest BCUT2D eigenvalue weighted by Gasteiger charge is 2.12. The van der Waals surface area contributed by atoms with Crippen LogP contribution >= 0.6 is 0 Å². The number of pyridine rings is 2. The van der Waals surface area contributed by atoms with Crippen molar-refractivity contribution in [2.45, 2.75) is 32.7 Å². The molecule has 0 aliphatic carbocycles. The van der Waals surface area contributed by atoms with Crippen LogP contribution in [0.4, 0.5) is 8.78 Å². The van der Waals surface area contributed by atoms with E-state index in [1.807, 2.05) is 0 Å². The molecule has 160 valence electrons. The highest BCUT2D eigenvalue weighted by molar-refractivity contribution is 5.96. The first-order chi connectivity index (χ1) is 14.9. The van der Waals surface area contributed by atoms with E-state index in [9.17, 15) is 18.4 Å². The van der Waals surface area contributed by atoms with E-state index in [2.05, 4.69) is 9.97 Å².